The lowest BCUT2D eigenvalue weighted by molar-refractivity contribution is -0.146. The first-order valence-electron chi connectivity index (χ1n) is 10.1. The van der Waals surface area contributed by atoms with Crippen LogP contribution in [0.5, 0.6) is 0 Å². The van der Waals surface area contributed by atoms with Crippen molar-refractivity contribution < 1.29 is 9.53 Å². The van der Waals surface area contributed by atoms with Gasteiger partial charge in [0.15, 0.2) is 4.77 Å². The molecule has 0 bridgehead atoms. The van der Waals surface area contributed by atoms with Gasteiger partial charge in [0.05, 0.1) is 18.2 Å². The molecule has 0 aliphatic carbocycles. The van der Waals surface area contributed by atoms with Gasteiger partial charge in [-0.1, -0.05) is 13.8 Å². The zero-order valence-electron chi connectivity index (χ0n) is 17.1. The molecule has 152 valence electrons. The number of amides is 1. The Balaban J connectivity index is 1.66. The van der Waals surface area contributed by atoms with Gasteiger partial charge >= 0.3 is 0 Å². The van der Waals surface area contributed by atoms with Gasteiger partial charge in [0, 0.05) is 39.1 Å². The fourth-order valence-electron chi connectivity index (χ4n) is 4.58. The lowest BCUT2D eigenvalue weighted by atomic mass is 9.93. The maximum Gasteiger partial charge on any atom is 0.240 e. The van der Waals surface area contributed by atoms with Crippen molar-refractivity contribution in [2.24, 2.45) is 13.0 Å². The summed E-state index contributed by atoms with van der Waals surface area (Å²) in [5, 5.41) is 7.25. The standard InChI is InChI=1S/C19H33N5O2S/c1-12(2)16(24-10-13(3)26-14(4)11-24)18(25)23-8-6-15(7-9-23)17-20-21-19(27)22(17)5/h12-16H,6-11H2,1-5H3,(H,21,27). The fourth-order valence-corrected chi connectivity index (χ4v) is 4.72. The molecule has 3 atom stereocenters. The quantitative estimate of drug-likeness (QED) is 0.793. The monoisotopic (exact) mass is 395 g/mol. The summed E-state index contributed by atoms with van der Waals surface area (Å²) in [4.78, 5) is 17.7. The Labute approximate surface area is 167 Å². The van der Waals surface area contributed by atoms with Crippen LogP contribution in [-0.2, 0) is 16.6 Å². The molecular formula is C19H33N5O2S. The summed E-state index contributed by atoms with van der Waals surface area (Å²) in [6, 6.07) is -0.0731. The zero-order chi connectivity index (χ0) is 19.7. The number of morpholine rings is 1. The Morgan fingerprint density at radius 2 is 1.81 bits per heavy atom. The maximum atomic E-state index is 13.4. The Hall–Kier alpha value is -1.25. The molecule has 2 aliphatic rings. The molecule has 1 N–H and O–H groups in total. The number of nitrogens with zero attached hydrogens (tertiary/aromatic N) is 4. The van der Waals surface area contributed by atoms with Gasteiger partial charge in [-0.3, -0.25) is 14.8 Å². The number of carbonyl (C=O) groups is 1. The van der Waals surface area contributed by atoms with Gasteiger partial charge in [-0.25, -0.2) is 0 Å². The molecule has 1 aromatic heterocycles. The highest BCUT2D eigenvalue weighted by molar-refractivity contribution is 7.71. The van der Waals surface area contributed by atoms with E-state index in [9.17, 15) is 4.79 Å². The van der Waals surface area contributed by atoms with Gasteiger partial charge in [0.2, 0.25) is 5.91 Å². The molecule has 7 nitrogen and oxygen atoms in total. The van der Waals surface area contributed by atoms with Crippen LogP contribution in [0.25, 0.3) is 0 Å². The number of piperidine rings is 1. The van der Waals surface area contributed by atoms with Crippen LogP contribution in [0.15, 0.2) is 0 Å². The number of aromatic nitrogens is 3. The summed E-state index contributed by atoms with van der Waals surface area (Å²) >= 11 is 5.23. The second-order valence-corrected chi connectivity index (χ2v) is 8.83. The normalized spacial score (nSPS) is 26.5. The SMILES string of the molecule is CC1CN(C(C(=O)N2CCC(c3n[nH]c(=S)n3C)CC2)C(C)C)CC(C)O1. The van der Waals surface area contributed by atoms with Crippen LogP contribution in [0.4, 0.5) is 0 Å². The first-order valence-corrected chi connectivity index (χ1v) is 10.5. The van der Waals surface area contributed by atoms with Crippen LogP contribution in [0.1, 0.15) is 52.3 Å². The molecule has 0 aromatic carbocycles. The van der Waals surface area contributed by atoms with E-state index in [0.29, 0.717) is 10.7 Å². The van der Waals surface area contributed by atoms with Gasteiger partial charge in [-0.05, 0) is 44.8 Å². The topological polar surface area (TPSA) is 66.4 Å². The summed E-state index contributed by atoms with van der Waals surface area (Å²) in [7, 11) is 1.95. The number of rotatable bonds is 4. The van der Waals surface area contributed by atoms with Crippen molar-refractivity contribution >= 4 is 18.1 Å². The van der Waals surface area contributed by atoms with Crippen molar-refractivity contribution in [2.45, 2.75) is 64.7 Å². The lowest BCUT2D eigenvalue weighted by Gasteiger charge is -2.43. The second kappa shape index (κ2) is 8.41. The van der Waals surface area contributed by atoms with E-state index in [1.165, 1.54) is 0 Å². The van der Waals surface area contributed by atoms with Crippen LogP contribution in [0.3, 0.4) is 0 Å². The molecule has 3 unspecified atom stereocenters. The molecule has 2 fully saturated rings. The Kier molecular flexibility index (Phi) is 6.38. The molecule has 8 heteroatoms. The van der Waals surface area contributed by atoms with Crippen LogP contribution < -0.4 is 0 Å². The summed E-state index contributed by atoms with van der Waals surface area (Å²) in [5.41, 5.74) is 0. The number of likely N-dealkylation sites (tertiary alicyclic amines) is 1. The summed E-state index contributed by atoms with van der Waals surface area (Å²) in [6.45, 7) is 11.7. The number of nitrogens with one attached hydrogen (secondary N) is 1. The third kappa shape index (κ3) is 4.43. The summed E-state index contributed by atoms with van der Waals surface area (Å²) in [6.07, 6.45) is 2.20. The Bertz CT molecular complexity index is 697. The highest BCUT2D eigenvalue weighted by atomic mass is 32.1. The first-order chi connectivity index (χ1) is 12.8. The third-order valence-electron chi connectivity index (χ3n) is 5.81. The highest BCUT2D eigenvalue weighted by Gasteiger charge is 2.37. The largest absolute Gasteiger partial charge is 0.373 e. The molecule has 0 saturated carbocycles. The molecule has 27 heavy (non-hydrogen) atoms. The smallest absolute Gasteiger partial charge is 0.240 e. The molecule has 1 amide bonds. The van der Waals surface area contributed by atoms with Crippen LogP contribution in [0.2, 0.25) is 0 Å². The van der Waals surface area contributed by atoms with E-state index >= 15 is 0 Å². The van der Waals surface area contributed by atoms with Crippen molar-refractivity contribution in [2.75, 3.05) is 26.2 Å². The molecule has 2 aliphatic heterocycles. The number of carbonyl (C=O) groups excluding carboxylic acids is 1. The molecule has 3 rings (SSSR count). The summed E-state index contributed by atoms with van der Waals surface area (Å²) in [5.74, 6) is 1.90. The molecule has 2 saturated heterocycles. The van der Waals surface area contributed by atoms with Gasteiger partial charge < -0.3 is 14.2 Å². The van der Waals surface area contributed by atoms with E-state index in [-0.39, 0.29) is 30.1 Å². The van der Waals surface area contributed by atoms with E-state index < -0.39 is 0 Å². The van der Waals surface area contributed by atoms with Crippen molar-refractivity contribution in [3.05, 3.63) is 10.6 Å². The van der Waals surface area contributed by atoms with Gasteiger partial charge in [-0.2, -0.15) is 5.10 Å². The van der Waals surface area contributed by atoms with E-state index in [0.717, 1.165) is 44.8 Å². The Morgan fingerprint density at radius 1 is 1.22 bits per heavy atom. The average Bonchev–Trinajstić information content (AvgIpc) is 2.93. The number of H-pyrrole nitrogens is 1. The predicted octanol–water partition coefficient (Wildman–Crippen LogP) is 2.32. The second-order valence-electron chi connectivity index (χ2n) is 8.45. The van der Waals surface area contributed by atoms with E-state index in [2.05, 4.69) is 42.8 Å². The molecule has 0 radical (unpaired) electrons. The minimum absolute atomic E-state index is 0.0731. The van der Waals surface area contributed by atoms with E-state index in [4.69, 9.17) is 17.0 Å². The third-order valence-corrected chi connectivity index (χ3v) is 6.18. The van der Waals surface area contributed by atoms with Crippen molar-refractivity contribution in [1.82, 2.24) is 24.6 Å². The van der Waals surface area contributed by atoms with Crippen LogP contribution in [-0.4, -0.2) is 74.9 Å². The van der Waals surface area contributed by atoms with Gasteiger partial charge in [0.25, 0.3) is 0 Å². The maximum absolute atomic E-state index is 13.4. The summed E-state index contributed by atoms with van der Waals surface area (Å²) < 4.78 is 8.46. The van der Waals surface area contributed by atoms with Crippen molar-refractivity contribution in [3.63, 3.8) is 0 Å². The van der Waals surface area contributed by atoms with Crippen molar-refractivity contribution in [3.8, 4) is 0 Å². The van der Waals surface area contributed by atoms with Crippen LogP contribution >= 0.6 is 12.2 Å². The fraction of sp³-hybridized carbons (Fsp3) is 0.842. The number of hydrogen-bond donors (Lipinski definition) is 1. The van der Waals surface area contributed by atoms with E-state index in [1.54, 1.807) is 0 Å². The van der Waals surface area contributed by atoms with E-state index in [1.807, 2.05) is 16.5 Å². The molecule has 0 spiro atoms. The van der Waals surface area contributed by atoms with Crippen LogP contribution in [0, 0.1) is 10.7 Å². The van der Waals surface area contributed by atoms with Crippen molar-refractivity contribution in [1.29, 1.82) is 0 Å². The minimum Gasteiger partial charge on any atom is -0.373 e. The number of aromatic amines is 1. The molecular weight excluding hydrogens is 362 g/mol. The molecule has 1 aromatic rings. The Morgan fingerprint density at radius 3 is 2.30 bits per heavy atom. The predicted molar refractivity (Wildman–Crippen MR) is 107 cm³/mol. The minimum atomic E-state index is -0.0731. The highest BCUT2D eigenvalue weighted by Crippen LogP contribution is 2.28. The average molecular weight is 396 g/mol. The molecule has 3 heterocycles. The lowest BCUT2D eigenvalue weighted by Crippen LogP contribution is -2.58. The van der Waals surface area contributed by atoms with Gasteiger partial charge in [0.1, 0.15) is 5.82 Å². The zero-order valence-corrected chi connectivity index (χ0v) is 18.0. The van der Waals surface area contributed by atoms with Gasteiger partial charge in [-0.15, -0.1) is 0 Å². The number of ether oxygens (including phenoxy) is 1. The first kappa shape index (κ1) is 20.5. The number of hydrogen-bond acceptors (Lipinski definition) is 5.